The number of aryl methyl sites for hydroxylation is 1. The van der Waals surface area contributed by atoms with Gasteiger partial charge in [0.15, 0.2) is 5.69 Å². The molecule has 0 aliphatic rings. The number of nitrogens with zero attached hydrogens (tertiary/aromatic N) is 2. The number of H-pyrrole nitrogens is 1. The molecular formula is C7H9N3. The normalized spacial score (nSPS) is 9.30. The van der Waals surface area contributed by atoms with Gasteiger partial charge >= 0.3 is 0 Å². The van der Waals surface area contributed by atoms with Crippen LogP contribution in [0.4, 0.5) is 0 Å². The van der Waals surface area contributed by atoms with Crippen molar-refractivity contribution in [1.82, 2.24) is 10.2 Å². The van der Waals surface area contributed by atoms with E-state index in [1.54, 1.807) is 0 Å². The molecule has 1 rings (SSSR count). The van der Waals surface area contributed by atoms with Crippen LogP contribution in [0.3, 0.4) is 0 Å². The number of hydrogen-bond acceptors (Lipinski definition) is 2. The predicted octanol–water partition coefficient (Wildman–Crippen LogP) is 1.15. The summed E-state index contributed by atoms with van der Waals surface area (Å²) in [7, 11) is 0. The number of rotatable bonds is 1. The van der Waals surface area contributed by atoms with Crippen LogP contribution in [0.25, 0.3) is 0 Å². The lowest BCUT2D eigenvalue weighted by Crippen LogP contribution is -1.83. The van der Waals surface area contributed by atoms with Gasteiger partial charge in [0.05, 0.1) is 0 Å². The Bertz CT molecular complexity index is 267. The molecule has 0 aliphatic heterocycles. The molecule has 0 spiro atoms. The standard InChI is InChI=1S/C7H9N3/c1-3-6-5(2)9-10-7(6)4-8/h3H2,1-2H3,(H,9,10). The van der Waals surface area contributed by atoms with Crippen LogP contribution in [0.15, 0.2) is 0 Å². The summed E-state index contributed by atoms with van der Waals surface area (Å²) in [4.78, 5) is 0. The van der Waals surface area contributed by atoms with Crippen LogP contribution >= 0.6 is 0 Å². The van der Waals surface area contributed by atoms with Crippen LogP contribution < -0.4 is 0 Å². The van der Waals surface area contributed by atoms with Gasteiger partial charge in [-0.05, 0) is 13.3 Å². The lowest BCUT2D eigenvalue weighted by atomic mass is 10.1. The van der Waals surface area contributed by atoms with E-state index in [2.05, 4.69) is 10.2 Å². The van der Waals surface area contributed by atoms with Crippen LogP contribution in [-0.4, -0.2) is 10.2 Å². The third-order valence-corrected chi connectivity index (χ3v) is 1.53. The van der Waals surface area contributed by atoms with Crippen molar-refractivity contribution in [2.24, 2.45) is 0 Å². The fourth-order valence-corrected chi connectivity index (χ4v) is 0.977. The summed E-state index contributed by atoms with van der Waals surface area (Å²) < 4.78 is 0. The van der Waals surface area contributed by atoms with Crippen molar-refractivity contribution in [2.45, 2.75) is 20.3 Å². The highest BCUT2D eigenvalue weighted by Gasteiger charge is 2.05. The molecule has 0 fully saturated rings. The molecular weight excluding hydrogens is 126 g/mol. The Hall–Kier alpha value is -1.30. The molecule has 0 aromatic carbocycles. The van der Waals surface area contributed by atoms with Crippen molar-refractivity contribution >= 4 is 0 Å². The Labute approximate surface area is 59.7 Å². The number of nitrogens with one attached hydrogen (secondary N) is 1. The third kappa shape index (κ3) is 0.883. The molecule has 1 aromatic heterocycles. The SMILES string of the molecule is CCc1c(C#N)n[nH]c1C. The fourth-order valence-electron chi connectivity index (χ4n) is 0.977. The van der Waals surface area contributed by atoms with Gasteiger partial charge in [0.2, 0.25) is 0 Å². The largest absolute Gasteiger partial charge is 0.281 e. The van der Waals surface area contributed by atoms with Gasteiger partial charge in [0.1, 0.15) is 6.07 Å². The number of hydrogen-bond donors (Lipinski definition) is 1. The molecule has 1 aromatic rings. The predicted molar refractivity (Wildman–Crippen MR) is 37.4 cm³/mol. The van der Waals surface area contributed by atoms with Gasteiger partial charge in [0.25, 0.3) is 0 Å². The first-order chi connectivity index (χ1) is 4.79. The molecule has 0 aliphatic carbocycles. The average Bonchev–Trinajstić information content (AvgIpc) is 2.30. The zero-order valence-electron chi connectivity index (χ0n) is 6.10. The maximum Gasteiger partial charge on any atom is 0.165 e. The maximum absolute atomic E-state index is 8.53. The number of aromatic nitrogens is 2. The molecule has 1 heterocycles. The monoisotopic (exact) mass is 135 g/mol. The molecule has 0 unspecified atom stereocenters. The average molecular weight is 135 g/mol. The summed E-state index contributed by atoms with van der Waals surface area (Å²) in [6, 6.07) is 2.02. The molecule has 1 N–H and O–H groups in total. The van der Waals surface area contributed by atoms with Gasteiger partial charge in [-0.2, -0.15) is 10.4 Å². The van der Waals surface area contributed by atoms with Gasteiger partial charge < -0.3 is 0 Å². The van der Waals surface area contributed by atoms with E-state index in [-0.39, 0.29) is 0 Å². The Morgan fingerprint density at radius 1 is 1.70 bits per heavy atom. The maximum atomic E-state index is 8.53. The number of aromatic amines is 1. The van der Waals surface area contributed by atoms with Crippen molar-refractivity contribution in [2.75, 3.05) is 0 Å². The first-order valence-corrected chi connectivity index (χ1v) is 3.23. The van der Waals surface area contributed by atoms with Crippen LogP contribution in [0.2, 0.25) is 0 Å². The van der Waals surface area contributed by atoms with Crippen LogP contribution in [0, 0.1) is 18.3 Å². The molecule has 3 nitrogen and oxygen atoms in total. The van der Waals surface area contributed by atoms with E-state index in [0.29, 0.717) is 5.69 Å². The van der Waals surface area contributed by atoms with Gasteiger partial charge in [-0.1, -0.05) is 6.92 Å². The zero-order valence-corrected chi connectivity index (χ0v) is 6.10. The summed E-state index contributed by atoms with van der Waals surface area (Å²) in [5.41, 5.74) is 2.56. The molecule has 0 saturated carbocycles. The van der Waals surface area contributed by atoms with Crippen molar-refractivity contribution in [1.29, 1.82) is 5.26 Å². The van der Waals surface area contributed by atoms with Crippen molar-refractivity contribution in [3.8, 4) is 6.07 Å². The number of nitriles is 1. The zero-order chi connectivity index (χ0) is 7.56. The topological polar surface area (TPSA) is 52.5 Å². The van der Waals surface area contributed by atoms with E-state index in [4.69, 9.17) is 5.26 Å². The summed E-state index contributed by atoms with van der Waals surface area (Å²) in [5.74, 6) is 0. The van der Waals surface area contributed by atoms with Gasteiger partial charge in [-0.3, -0.25) is 5.10 Å². The second-order valence-corrected chi connectivity index (χ2v) is 2.14. The first-order valence-electron chi connectivity index (χ1n) is 3.23. The fraction of sp³-hybridized carbons (Fsp3) is 0.429. The minimum absolute atomic E-state index is 0.528. The van der Waals surface area contributed by atoms with E-state index in [9.17, 15) is 0 Å². The summed E-state index contributed by atoms with van der Waals surface area (Å²) in [6.45, 7) is 3.94. The molecule has 0 atom stereocenters. The first kappa shape index (κ1) is 6.81. The third-order valence-electron chi connectivity index (χ3n) is 1.53. The molecule has 3 heteroatoms. The Kier molecular flexibility index (Phi) is 1.72. The van der Waals surface area contributed by atoms with E-state index in [0.717, 1.165) is 17.7 Å². The molecule has 52 valence electrons. The minimum atomic E-state index is 0.528. The lowest BCUT2D eigenvalue weighted by Gasteiger charge is -1.89. The highest BCUT2D eigenvalue weighted by atomic mass is 15.1. The highest BCUT2D eigenvalue weighted by Crippen LogP contribution is 2.08. The van der Waals surface area contributed by atoms with E-state index in [1.807, 2.05) is 19.9 Å². The van der Waals surface area contributed by atoms with Gasteiger partial charge in [0, 0.05) is 11.3 Å². The van der Waals surface area contributed by atoms with Crippen LogP contribution in [0.1, 0.15) is 23.9 Å². The van der Waals surface area contributed by atoms with Crippen molar-refractivity contribution in [3.05, 3.63) is 17.0 Å². The smallest absolute Gasteiger partial charge is 0.165 e. The molecule has 10 heavy (non-hydrogen) atoms. The Morgan fingerprint density at radius 2 is 2.40 bits per heavy atom. The second-order valence-electron chi connectivity index (χ2n) is 2.14. The van der Waals surface area contributed by atoms with Gasteiger partial charge in [-0.25, -0.2) is 0 Å². The van der Waals surface area contributed by atoms with E-state index >= 15 is 0 Å². The molecule has 0 saturated heterocycles. The molecule has 0 bridgehead atoms. The van der Waals surface area contributed by atoms with Gasteiger partial charge in [-0.15, -0.1) is 0 Å². The van der Waals surface area contributed by atoms with Crippen LogP contribution in [-0.2, 0) is 6.42 Å². The second kappa shape index (κ2) is 2.53. The van der Waals surface area contributed by atoms with Crippen molar-refractivity contribution < 1.29 is 0 Å². The molecule has 0 radical (unpaired) electrons. The lowest BCUT2D eigenvalue weighted by molar-refractivity contribution is 1.03. The highest BCUT2D eigenvalue weighted by molar-refractivity contribution is 5.33. The Morgan fingerprint density at radius 3 is 2.80 bits per heavy atom. The summed E-state index contributed by atoms with van der Waals surface area (Å²) in [6.07, 6.45) is 0.866. The van der Waals surface area contributed by atoms with E-state index < -0.39 is 0 Å². The summed E-state index contributed by atoms with van der Waals surface area (Å²) in [5, 5.41) is 15.1. The quantitative estimate of drug-likeness (QED) is 0.628. The van der Waals surface area contributed by atoms with E-state index in [1.165, 1.54) is 0 Å². The summed E-state index contributed by atoms with van der Waals surface area (Å²) >= 11 is 0. The minimum Gasteiger partial charge on any atom is -0.281 e. The Balaban J connectivity index is 3.16. The molecule has 0 amide bonds. The van der Waals surface area contributed by atoms with Crippen LogP contribution in [0.5, 0.6) is 0 Å². The van der Waals surface area contributed by atoms with Crippen molar-refractivity contribution in [3.63, 3.8) is 0 Å².